The summed E-state index contributed by atoms with van der Waals surface area (Å²) in [5, 5.41) is 1.21. The largest absolute Gasteiger partial charge is 0.494 e. The van der Waals surface area contributed by atoms with Crippen LogP contribution < -0.4 is 10.3 Å². The number of aryl methyl sites for hydroxylation is 1. The van der Waals surface area contributed by atoms with E-state index < -0.39 is 0 Å². The normalized spacial score (nSPS) is 14.5. The maximum atomic E-state index is 13.0. The van der Waals surface area contributed by atoms with Gasteiger partial charge in [0.05, 0.1) is 22.9 Å². The van der Waals surface area contributed by atoms with Crippen molar-refractivity contribution in [1.82, 2.24) is 9.55 Å². The van der Waals surface area contributed by atoms with Crippen molar-refractivity contribution in [1.29, 1.82) is 0 Å². The number of thioether (sulfide) groups is 2. The molecular weight excluding hydrogens is 340 g/mol. The van der Waals surface area contributed by atoms with Crippen LogP contribution in [-0.2, 0) is 6.42 Å². The summed E-state index contributed by atoms with van der Waals surface area (Å²) in [7, 11) is 0. The Morgan fingerprint density at radius 2 is 2.08 bits per heavy atom. The van der Waals surface area contributed by atoms with Crippen molar-refractivity contribution in [2.75, 3.05) is 12.4 Å². The van der Waals surface area contributed by atoms with Crippen LogP contribution in [0, 0.1) is 0 Å². The van der Waals surface area contributed by atoms with Crippen molar-refractivity contribution in [3.63, 3.8) is 0 Å². The highest BCUT2D eigenvalue weighted by atomic mass is 32.2. The third-order valence-electron chi connectivity index (χ3n) is 3.95. The van der Waals surface area contributed by atoms with Gasteiger partial charge in [0, 0.05) is 17.4 Å². The molecule has 6 heteroatoms. The van der Waals surface area contributed by atoms with E-state index in [2.05, 4.69) is 13.8 Å². The lowest BCUT2D eigenvalue weighted by molar-refractivity contribution is 0.340. The van der Waals surface area contributed by atoms with Crippen LogP contribution in [0.4, 0.5) is 0 Å². The van der Waals surface area contributed by atoms with E-state index in [1.165, 1.54) is 0 Å². The third kappa shape index (κ3) is 3.49. The number of benzene rings is 1. The lowest BCUT2D eigenvalue weighted by atomic mass is 10.3. The molecule has 2 aromatic rings. The van der Waals surface area contributed by atoms with E-state index in [0.717, 1.165) is 45.8 Å². The predicted octanol–water partition coefficient (Wildman–Crippen LogP) is 4.17. The van der Waals surface area contributed by atoms with Crippen LogP contribution in [0.2, 0.25) is 0 Å². The minimum atomic E-state index is 0.0532. The van der Waals surface area contributed by atoms with Crippen molar-refractivity contribution in [3.05, 3.63) is 40.3 Å². The number of hydrogen-bond donors (Lipinski definition) is 0. The highest BCUT2D eigenvalue weighted by Crippen LogP contribution is 2.32. The second-order valence-corrected chi connectivity index (χ2v) is 8.18. The Hall–Kier alpha value is -1.40. The molecule has 0 saturated heterocycles. The first-order chi connectivity index (χ1) is 11.6. The van der Waals surface area contributed by atoms with Gasteiger partial charge in [-0.25, -0.2) is 4.98 Å². The molecule has 1 aliphatic heterocycles. The number of aromatic nitrogens is 2. The van der Waals surface area contributed by atoms with Crippen molar-refractivity contribution < 1.29 is 4.74 Å². The number of nitrogens with zero attached hydrogens (tertiary/aromatic N) is 2. The minimum absolute atomic E-state index is 0.0532. The molecule has 0 unspecified atom stereocenters. The monoisotopic (exact) mass is 362 g/mol. The number of rotatable bonds is 6. The molecule has 0 amide bonds. The molecule has 1 aliphatic rings. The molecular formula is C18H22N2O2S2. The maximum absolute atomic E-state index is 13.0. The van der Waals surface area contributed by atoms with Gasteiger partial charge in [0.2, 0.25) is 0 Å². The van der Waals surface area contributed by atoms with Crippen LogP contribution in [-0.4, -0.2) is 27.2 Å². The van der Waals surface area contributed by atoms with Gasteiger partial charge in [0.1, 0.15) is 5.75 Å². The Balaban J connectivity index is 2.08. The molecule has 128 valence electrons. The summed E-state index contributed by atoms with van der Waals surface area (Å²) in [6.07, 6.45) is 1.92. The first-order valence-corrected chi connectivity index (χ1v) is 10.2. The standard InChI is InChI=1S/C18H22N2O2S2/c1-4-12(3)24-18-19-15-10-11-23-16(15)17(21)20(18)13-6-8-14(9-7-13)22-5-2/h6-9,12H,4-5,10-11H2,1-3H3/t12-/m1/s1. The smallest absolute Gasteiger partial charge is 0.272 e. The quantitative estimate of drug-likeness (QED) is 0.570. The van der Waals surface area contributed by atoms with E-state index in [1.807, 2.05) is 31.2 Å². The van der Waals surface area contributed by atoms with E-state index >= 15 is 0 Å². The first kappa shape index (κ1) is 17.4. The highest BCUT2D eigenvalue weighted by Gasteiger charge is 2.23. The van der Waals surface area contributed by atoms with Gasteiger partial charge in [-0.3, -0.25) is 9.36 Å². The second-order valence-electron chi connectivity index (χ2n) is 5.67. The van der Waals surface area contributed by atoms with Gasteiger partial charge in [0.25, 0.3) is 5.56 Å². The Kier molecular flexibility index (Phi) is 5.56. The first-order valence-electron chi connectivity index (χ1n) is 8.32. The van der Waals surface area contributed by atoms with Gasteiger partial charge in [-0.15, -0.1) is 11.8 Å². The molecule has 1 aromatic carbocycles. The molecule has 3 rings (SSSR count). The fraction of sp³-hybridized carbons (Fsp3) is 0.444. The van der Waals surface area contributed by atoms with Crippen molar-refractivity contribution in [2.24, 2.45) is 0 Å². The molecule has 0 radical (unpaired) electrons. The van der Waals surface area contributed by atoms with Gasteiger partial charge >= 0.3 is 0 Å². The van der Waals surface area contributed by atoms with E-state index in [1.54, 1.807) is 28.1 Å². The number of ether oxygens (including phenoxy) is 1. The summed E-state index contributed by atoms with van der Waals surface area (Å²) in [5.41, 5.74) is 1.85. The van der Waals surface area contributed by atoms with Crippen LogP contribution in [0.1, 0.15) is 32.9 Å². The summed E-state index contributed by atoms with van der Waals surface area (Å²) in [6, 6.07) is 7.67. The van der Waals surface area contributed by atoms with Crippen molar-refractivity contribution >= 4 is 23.5 Å². The molecule has 0 spiro atoms. The van der Waals surface area contributed by atoms with Crippen LogP contribution in [0.25, 0.3) is 5.69 Å². The highest BCUT2D eigenvalue weighted by molar-refractivity contribution is 8.00. The Morgan fingerprint density at radius 3 is 2.75 bits per heavy atom. The Morgan fingerprint density at radius 1 is 1.33 bits per heavy atom. The predicted molar refractivity (Wildman–Crippen MR) is 101 cm³/mol. The number of hydrogen-bond acceptors (Lipinski definition) is 5. The van der Waals surface area contributed by atoms with Crippen LogP contribution in [0.3, 0.4) is 0 Å². The molecule has 4 nitrogen and oxygen atoms in total. The van der Waals surface area contributed by atoms with Crippen LogP contribution >= 0.6 is 23.5 Å². The van der Waals surface area contributed by atoms with Crippen LogP contribution in [0.5, 0.6) is 5.75 Å². The zero-order valence-electron chi connectivity index (χ0n) is 14.2. The third-order valence-corrected chi connectivity index (χ3v) is 6.28. The fourth-order valence-electron chi connectivity index (χ4n) is 2.52. The summed E-state index contributed by atoms with van der Waals surface area (Å²) >= 11 is 3.29. The Labute approximate surface area is 151 Å². The molecule has 0 N–H and O–H groups in total. The zero-order chi connectivity index (χ0) is 17.1. The molecule has 0 bridgehead atoms. The molecule has 1 aromatic heterocycles. The van der Waals surface area contributed by atoms with Crippen molar-refractivity contribution in [2.45, 2.75) is 48.9 Å². The number of fused-ring (bicyclic) bond motifs is 1. The van der Waals surface area contributed by atoms with E-state index in [-0.39, 0.29) is 5.56 Å². The van der Waals surface area contributed by atoms with Gasteiger partial charge in [-0.2, -0.15) is 0 Å². The SMILES string of the molecule is CCOc1ccc(-n2c(S[C@H](C)CC)nc3c(c2=O)SCC3)cc1. The summed E-state index contributed by atoms with van der Waals surface area (Å²) in [4.78, 5) is 18.6. The topological polar surface area (TPSA) is 44.1 Å². The van der Waals surface area contributed by atoms with Gasteiger partial charge in [-0.05, 0) is 37.6 Å². The average Bonchev–Trinajstić information content (AvgIpc) is 3.05. The fourth-order valence-corrected chi connectivity index (χ4v) is 4.53. The van der Waals surface area contributed by atoms with Gasteiger partial charge in [-0.1, -0.05) is 25.6 Å². The van der Waals surface area contributed by atoms with Gasteiger partial charge in [0.15, 0.2) is 5.16 Å². The zero-order valence-corrected chi connectivity index (χ0v) is 15.9. The Bertz CT molecular complexity index is 772. The van der Waals surface area contributed by atoms with E-state index in [4.69, 9.17) is 9.72 Å². The molecule has 24 heavy (non-hydrogen) atoms. The van der Waals surface area contributed by atoms with E-state index in [9.17, 15) is 4.79 Å². The van der Waals surface area contributed by atoms with Crippen LogP contribution in [0.15, 0.2) is 39.1 Å². The van der Waals surface area contributed by atoms with Gasteiger partial charge < -0.3 is 4.74 Å². The molecule has 1 atom stereocenters. The lowest BCUT2D eigenvalue weighted by Gasteiger charge is -2.16. The molecule has 0 aliphatic carbocycles. The minimum Gasteiger partial charge on any atom is -0.494 e. The summed E-state index contributed by atoms with van der Waals surface area (Å²) in [6.45, 7) is 6.91. The molecule has 2 heterocycles. The van der Waals surface area contributed by atoms with E-state index in [0.29, 0.717) is 11.9 Å². The lowest BCUT2D eigenvalue weighted by Crippen LogP contribution is -2.24. The summed E-state index contributed by atoms with van der Waals surface area (Å²) < 4.78 is 7.25. The molecule has 0 fully saturated rings. The van der Waals surface area contributed by atoms with Crippen molar-refractivity contribution in [3.8, 4) is 11.4 Å². The summed E-state index contributed by atoms with van der Waals surface area (Å²) in [5.74, 6) is 1.76. The average molecular weight is 363 g/mol. The maximum Gasteiger partial charge on any atom is 0.272 e. The second kappa shape index (κ2) is 7.66. The molecule has 0 saturated carbocycles.